The smallest absolute Gasteiger partial charge is 0.135 e. The summed E-state index contributed by atoms with van der Waals surface area (Å²) >= 11 is 0. The largest absolute Gasteiger partial charge is 0.394 e. The Morgan fingerprint density at radius 2 is 1.89 bits per heavy atom. The van der Waals surface area contributed by atoms with E-state index in [4.69, 9.17) is 14.9 Å². The molecule has 0 radical (unpaired) electrons. The molecule has 0 bridgehead atoms. The molecule has 106 valence electrons. The molecular formula is C15H28O3. The van der Waals surface area contributed by atoms with Gasteiger partial charge in [-0.2, -0.15) is 4.89 Å². The van der Waals surface area contributed by atoms with Gasteiger partial charge < -0.3 is 9.99 Å². The average molecular weight is 256 g/mol. The van der Waals surface area contributed by atoms with E-state index in [9.17, 15) is 0 Å². The number of aliphatic hydroxyl groups excluding tert-OH is 1. The first-order chi connectivity index (χ1) is 8.74. The fourth-order valence-electron chi connectivity index (χ4n) is 1.55. The van der Waals surface area contributed by atoms with Crippen molar-refractivity contribution >= 4 is 0 Å². The van der Waals surface area contributed by atoms with E-state index in [1.807, 2.05) is 13.0 Å². The zero-order chi connectivity index (χ0) is 13.6. The summed E-state index contributed by atoms with van der Waals surface area (Å²) in [6, 6.07) is 0. The molecule has 0 aromatic carbocycles. The maximum absolute atomic E-state index is 8.91. The molecular weight excluding hydrogens is 228 g/mol. The van der Waals surface area contributed by atoms with Gasteiger partial charge in [0.25, 0.3) is 0 Å². The topological polar surface area (TPSA) is 38.7 Å². The lowest BCUT2D eigenvalue weighted by Crippen LogP contribution is -2.16. The van der Waals surface area contributed by atoms with E-state index in [1.54, 1.807) is 0 Å². The van der Waals surface area contributed by atoms with Gasteiger partial charge in [0.2, 0.25) is 0 Å². The Kier molecular flexibility index (Phi) is 12.1. The molecule has 1 atom stereocenters. The summed E-state index contributed by atoms with van der Waals surface area (Å²) < 4.78 is 0. The summed E-state index contributed by atoms with van der Waals surface area (Å²) in [5.41, 5.74) is 0. The molecule has 3 heteroatoms. The SMILES string of the molecule is C=CCCCCCCCC(=C)OOC(CC)CO. The van der Waals surface area contributed by atoms with Crippen molar-refractivity contribution in [2.75, 3.05) is 6.61 Å². The molecule has 0 aliphatic heterocycles. The lowest BCUT2D eigenvalue weighted by atomic mass is 10.1. The van der Waals surface area contributed by atoms with E-state index in [1.165, 1.54) is 25.7 Å². The molecule has 0 amide bonds. The van der Waals surface area contributed by atoms with E-state index in [2.05, 4.69) is 13.2 Å². The predicted molar refractivity (Wildman–Crippen MR) is 75.0 cm³/mol. The maximum atomic E-state index is 8.91. The van der Waals surface area contributed by atoms with Crippen LogP contribution in [-0.4, -0.2) is 17.8 Å². The van der Waals surface area contributed by atoms with Crippen molar-refractivity contribution in [1.29, 1.82) is 0 Å². The second kappa shape index (κ2) is 12.7. The highest BCUT2D eigenvalue weighted by atomic mass is 17.2. The first-order valence-corrected chi connectivity index (χ1v) is 6.97. The van der Waals surface area contributed by atoms with Crippen molar-refractivity contribution in [2.45, 2.75) is 64.4 Å². The van der Waals surface area contributed by atoms with Gasteiger partial charge >= 0.3 is 0 Å². The number of aliphatic hydroxyl groups is 1. The van der Waals surface area contributed by atoms with E-state index < -0.39 is 0 Å². The van der Waals surface area contributed by atoms with Crippen LogP contribution in [0.2, 0.25) is 0 Å². The van der Waals surface area contributed by atoms with Crippen LogP contribution in [0.4, 0.5) is 0 Å². The standard InChI is InChI=1S/C15H28O3/c1-4-6-7-8-9-10-11-12-14(3)17-18-15(5-2)13-16/h4,15-16H,1,3,5-13H2,2H3. The lowest BCUT2D eigenvalue weighted by Gasteiger charge is -2.13. The molecule has 0 heterocycles. The van der Waals surface area contributed by atoms with Crippen LogP contribution < -0.4 is 0 Å². The number of unbranched alkanes of at least 4 members (excludes halogenated alkanes) is 5. The predicted octanol–water partition coefficient (Wildman–Crippen LogP) is 4.14. The zero-order valence-corrected chi connectivity index (χ0v) is 11.7. The molecule has 0 saturated heterocycles. The van der Waals surface area contributed by atoms with Crippen LogP contribution in [-0.2, 0) is 9.78 Å². The van der Waals surface area contributed by atoms with E-state index in [0.717, 1.165) is 25.7 Å². The third-order valence-electron chi connectivity index (χ3n) is 2.82. The van der Waals surface area contributed by atoms with Crippen molar-refractivity contribution in [3.05, 3.63) is 25.0 Å². The molecule has 0 rings (SSSR count). The summed E-state index contributed by atoms with van der Waals surface area (Å²) in [5, 5.41) is 8.91. The Balaban J connectivity index is 3.34. The van der Waals surface area contributed by atoms with Gasteiger partial charge in [0.1, 0.15) is 11.9 Å². The van der Waals surface area contributed by atoms with Crippen LogP contribution in [0.15, 0.2) is 25.0 Å². The van der Waals surface area contributed by atoms with Crippen LogP contribution in [0.3, 0.4) is 0 Å². The van der Waals surface area contributed by atoms with Crippen molar-refractivity contribution in [3.8, 4) is 0 Å². The minimum Gasteiger partial charge on any atom is -0.394 e. The molecule has 0 spiro atoms. The third kappa shape index (κ3) is 10.4. The molecule has 1 N–H and O–H groups in total. The Labute approximate surface area is 111 Å². The third-order valence-corrected chi connectivity index (χ3v) is 2.82. The Bertz CT molecular complexity index is 210. The Hall–Kier alpha value is -0.800. The van der Waals surface area contributed by atoms with E-state index in [-0.39, 0.29) is 12.7 Å². The van der Waals surface area contributed by atoms with Gasteiger partial charge in [-0.3, -0.25) is 0 Å². The lowest BCUT2D eigenvalue weighted by molar-refractivity contribution is -0.302. The fourth-order valence-corrected chi connectivity index (χ4v) is 1.55. The minimum atomic E-state index is -0.249. The first kappa shape index (κ1) is 17.2. The van der Waals surface area contributed by atoms with Gasteiger partial charge in [-0.05, 0) is 25.7 Å². The second-order valence-electron chi connectivity index (χ2n) is 4.53. The molecule has 0 saturated carbocycles. The van der Waals surface area contributed by atoms with Gasteiger partial charge in [-0.25, -0.2) is 0 Å². The first-order valence-electron chi connectivity index (χ1n) is 6.97. The van der Waals surface area contributed by atoms with Gasteiger partial charge in [0.05, 0.1) is 6.61 Å². The zero-order valence-electron chi connectivity index (χ0n) is 11.7. The van der Waals surface area contributed by atoms with Gasteiger partial charge in [0.15, 0.2) is 0 Å². The van der Waals surface area contributed by atoms with Gasteiger partial charge in [-0.1, -0.05) is 38.8 Å². The molecule has 0 aromatic heterocycles. The van der Waals surface area contributed by atoms with E-state index >= 15 is 0 Å². The summed E-state index contributed by atoms with van der Waals surface area (Å²) in [5.74, 6) is 0.646. The number of allylic oxidation sites excluding steroid dienone is 2. The van der Waals surface area contributed by atoms with Crippen molar-refractivity contribution in [1.82, 2.24) is 0 Å². The van der Waals surface area contributed by atoms with Crippen molar-refractivity contribution in [3.63, 3.8) is 0 Å². The highest BCUT2D eigenvalue weighted by Gasteiger charge is 2.06. The van der Waals surface area contributed by atoms with Crippen LogP contribution >= 0.6 is 0 Å². The number of hydrogen-bond donors (Lipinski definition) is 1. The minimum absolute atomic E-state index is 0.0208. The van der Waals surface area contributed by atoms with Gasteiger partial charge in [-0.15, -0.1) is 6.58 Å². The molecule has 18 heavy (non-hydrogen) atoms. The quantitative estimate of drug-likeness (QED) is 0.177. The summed E-state index contributed by atoms with van der Waals surface area (Å²) in [4.78, 5) is 10.1. The average Bonchev–Trinajstić information content (AvgIpc) is 2.39. The fraction of sp³-hybridized carbons (Fsp3) is 0.733. The molecule has 0 aliphatic carbocycles. The van der Waals surface area contributed by atoms with Crippen LogP contribution in [0, 0.1) is 0 Å². The summed E-state index contributed by atoms with van der Waals surface area (Å²) in [6.07, 6.45) is 10.4. The number of hydrogen-bond acceptors (Lipinski definition) is 3. The van der Waals surface area contributed by atoms with Crippen LogP contribution in [0.1, 0.15) is 58.3 Å². The van der Waals surface area contributed by atoms with Crippen LogP contribution in [0.5, 0.6) is 0 Å². The summed E-state index contributed by atoms with van der Waals surface area (Å²) in [7, 11) is 0. The Morgan fingerprint density at radius 3 is 2.50 bits per heavy atom. The molecule has 1 unspecified atom stereocenters. The normalized spacial score (nSPS) is 12.1. The molecule has 3 nitrogen and oxygen atoms in total. The van der Waals surface area contributed by atoms with Crippen LogP contribution in [0.25, 0.3) is 0 Å². The number of rotatable bonds is 13. The molecule has 0 aliphatic rings. The Morgan fingerprint density at radius 1 is 1.22 bits per heavy atom. The second-order valence-corrected chi connectivity index (χ2v) is 4.53. The summed E-state index contributed by atoms with van der Waals surface area (Å²) in [6.45, 7) is 9.43. The molecule has 0 aromatic rings. The maximum Gasteiger partial charge on any atom is 0.135 e. The van der Waals surface area contributed by atoms with E-state index in [0.29, 0.717) is 5.76 Å². The van der Waals surface area contributed by atoms with Crippen molar-refractivity contribution < 1.29 is 14.9 Å². The highest BCUT2D eigenvalue weighted by molar-refractivity contribution is 4.80. The highest BCUT2D eigenvalue weighted by Crippen LogP contribution is 2.13. The van der Waals surface area contributed by atoms with Crippen molar-refractivity contribution in [2.24, 2.45) is 0 Å². The molecule has 0 fully saturated rings. The monoisotopic (exact) mass is 256 g/mol. The van der Waals surface area contributed by atoms with Gasteiger partial charge in [0, 0.05) is 6.42 Å².